The Morgan fingerprint density at radius 3 is 2.22 bits per heavy atom. The van der Waals surface area contributed by atoms with E-state index in [1.165, 1.54) is 28.6 Å². The van der Waals surface area contributed by atoms with Crippen LogP contribution in [-0.2, 0) is 14.8 Å². The molecule has 27 heavy (non-hydrogen) atoms. The van der Waals surface area contributed by atoms with Gasteiger partial charge < -0.3 is 4.74 Å². The first-order valence-corrected chi connectivity index (χ1v) is 9.90. The van der Waals surface area contributed by atoms with Gasteiger partial charge in [0.1, 0.15) is 17.7 Å². The highest BCUT2D eigenvalue weighted by molar-refractivity contribution is 7.89. The fourth-order valence-corrected chi connectivity index (χ4v) is 4.04. The van der Waals surface area contributed by atoms with E-state index in [1.54, 1.807) is 20.8 Å². The Kier molecular flexibility index (Phi) is 6.67. The normalized spacial score (nSPS) is 12.8. The molecule has 2 rings (SSSR count). The molecule has 2 aromatic carbocycles. The molecule has 0 amide bonds. The van der Waals surface area contributed by atoms with Crippen molar-refractivity contribution in [2.45, 2.75) is 31.8 Å². The highest BCUT2D eigenvalue weighted by Gasteiger charge is 2.25. The smallest absolute Gasteiger partial charge is 0.341 e. The van der Waals surface area contributed by atoms with Gasteiger partial charge in [-0.15, -0.1) is 0 Å². The number of carbonyl (C=O) groups is 1. The minimum absolute atomic E-state index is 0.186. The van der Waals surface area contributed by atoms with Gasteiger partial charge in [-0.25, -0.2) is 22.0 Å². The number of rotatable bonds is 7. The van der Waals surface area contributed by atoms with E-state index < -0.39 is 39.3 Å². The third kappa shape index (κ3) is 4.70. The Labute approximate surface area is 157 Å². The zero-order chi connectivity index (χ0) is 20.2. The SMILES string of the molecule is CCN(CC)S(=O)(=O)c1ccc(F)c(C(=O)O[C@@H](C)c2ccc(F)cc2)c1. The molecule has 0 spiro atoms. The molecule has 8 heteroatoms. The minimum Gasteiger partial charge on any atom is -0.454 e. The van der Waals surface area contributed by atoms with E-state index in [4.69, 9.17) is 4.74 Å². The molecule has 0 bridgehead atoms. The van der Waals surface area contributed by atoms with Crippen molar-refractivity contribution < 1.29 is 26.7 Å². The van der Waals surface area contributed by atoms with E-state index in [9.17, 15) is 22.0 Å². The van der Waals surface area contributed by atoms with Gasteiger partial charge in [0, 0.05) is 13.1 Å². The summed E-state index contributed by atoms with van der Waals surface area (Å²) in [7, 11) is -3.84. The number of hydrogen-bond acceptors (Lipinski definition) is 4. The van der Waals surface area contributed by atoms with Gasteiger partial charge in [-0.3, -0.25) is 0 Å². The van der Waals surface area contributed by atoms with Crippen LogP contribution in [0.15, 0.2) is 47.4 Å². The molecule has 0 saturated carbocycles. The third-order valence-electron chi connectivity index (χ3n) is 4.12. The van der Waals surface area contributed by atoms with Crippen molar-refractivity contribution in [3.05, 3.63) is 65.2 Å². The van der Waals surface area contributed by atoms with Crippen molar-refractivity contribution >= 4 is 16.0 Å². The molecule has 0 aromatic heterocycles. The van der Waals surface area contributed by atoms with Gasteiger partial charge in [-0.2, -0.15) is 4.31 Å². The zero-order valence-electron chi connectivity index (χ0n) is 15.3. The first kappa shape index (κ1) is 21.0. The molecular formula is C19H21F2NO4S. The van der Waals surface area contributed by atoms with Gasteiger partial charge in [0.25, 0.3) is 0 Å². The lowest BCUT2D eigenvalue weighted by molar-refractivity contribution is 0.0332. The molecule has 0 aliphatic rings. The molecule has 0 fully saturated rings. The number of halogens is 2. The lowest BCUT2D eigenvalue weighted by Crippen LogP contribution is -2.30. The van der Waals surface area contributed by atoms with Crippen LogP contribution in [0.5, 0.6) is 0 Å². The van der Waals surface area contributed by atoms with E-state index in [0.29, 0.717) is 5.56 Å². The van der Waals surface area contributed by atoms with Crippen molar-refractivity contribution in [3.8, 4) is 0 Å². The summed E-state index contributed by atoms with van der Waals surface area (Å²) in [5, 5.41) is 0. The van der Waals surface area contributed by atoms with E-state index in [0.717, 1.165) is 18.2 Å². The maximum Gasteiger partial charge on any atom is 0.341 e. The monoisotopic (exact) mass is 397 g/mol. The predicted octanol–water partition coefficient (Wildman–Crippen LogP) is 3.91. The molecule has 5 nitrogen and oxygen atoms in total. The Morgan fingerprint density at radius 2 is 1.67 bits per heavy atom. The predicted molar refractivity (Wildman–Crippen MR) is 96.7 cm³/mol. The highest BCUT2D eigenvalue weighted by atomic mass is 32.2. The van der Waals surface area contributed by atoms with Gasteiger partial charge in [0.15, 0.2) is 0 Å². The summed E-state index contributed by atoms with van der Waals surface area (Å²) in [6, 6.07) is 8.35. The number of ether oxygens (including phenoxy) is 1. The summed E-state index contributed by atoms with van der Waals surface area (Å²) in [5.41, 5.74) is 0.0502. The first-order valence-electron chi connectivity index (χ1n) is 8.46. The van der Waals surface area contributed by atoms with Crippen LogP contribution in [0.1, 0.15) is 42.8 Å². The number of hydrogen-bond donors (Lipinski definition) is 0. The second-order valence-corrected chi connectivity index (χ2v) is 7.77. The average Bonchev–Trinajstić information content (AvgIpc) is 2.63. The number of benzene rings is 2. The molecule has 0 aliphatic carbocycles. The number of esters is 1. The Hall–Kier alpha value is -2.32. The van der Waals surface area contributed by atoms with Gasteiger partial charge in [0.2, 0.25) is 10.0 Å². The summed E-state index contributed by atoms with van der Waals surface area (Å²) in [5.74, 6) is -2.32. The Balaban J connectivity index is 2.30. The van der Waals surface area contributed by atoms with Crippen LogP contribution in [0, 0.1) is 11.6 Å². The molecule has 0 saturated heterocycles. The number of carbonyl (C=O) groups excluding carboxylic acids is 1. The summed E-state index contributed by atoms with van der Waals surface area (Å²) in [6.45, 7) is 5.42. The van der Waals surface area contributed by atoms with E-state index >= 15 is 0 Å². The Morgan fingerprint density at radius 1 is 1.07 bits per heavy atom. The lowest BCUT2D eigenvalue weighted by Gasteiger charge is -2.19. The van der Waals surface area contributed by atoms with Crippen molar-refractivity contribution in [1.82, 2.24) is 4.31 Å². The van der Waals surface area contributed by atoms with Gasteiger partial charge >= 0.3 is 5.97 Å². The summed E-state index contributed by atoms with van der Waals surface area (Å²) < 4.78 is 58.7. The molecule has 0 N–H and O–H groups in total. The largest absolute Gasteiger partial charge is 0.454 e. The molecule has 0 heterocycles. The van der Waals surface area contributed by atoms with E-state index in [1.807, 2.05) is 0 Å². The molecule has 0 aliphatic heterocycles. The van der Waals surface area contributed by atoms with Gasteiger partial charge in [0.05, 0.1) is 10.5 Å². The van der Waals surface area contributed by atoms with Gasteiger partial charge in [-0.1, -0.05) is 26.0 Å². The maximum atomic E-state index is 14.1. The van der Waals surface area contributed by atoms with Crippen molar-refractivity contribution in [3.63, 3.8) is 0 Å². The fourth-order valence-electron chi connectivity index (χ4n) is 2.56. The number of sulfonamides is 1. The van der Waals surface area contributed by atoms with Crippen LogP contribution in [-0.4, -0.2) is 31.8 Å². The minimum atomic E-state index is -3.84. The molecular weight excluding hydrogens is 376 g/mol. The van der Waals surface area contributed by atoms with Gasteiger partial charge in [-0.05, 0) is 42.8 Å². The summed E-state index contributed by atoms with van der Waals surface area (Å²) >= 11 is 0. The number of nitrogens with zero attached hydrogens (tertiary/aromatic N) is 1. The maximum absolute atomic E-state index is 14.1. The topological polar surface area (TPSA) is 63.7 Å². The van der Waals surface area contributed by atoms with Crippen LogP contribution in [0.2, 0.25) is 0 Å². The standard InChI is InChI=1S/C19H21F2NO4S/c1-4-22(5-2)27(24,25)16-10-11-18(21)17(12-16)19(23)26-13(3)14-6-8-15(20)9-7-14/h6-13H,4-5H2,1-3H3/t13-/m0/s1. The summed E-state index contributed by atoms with van der Waals surface area (Å²) in [6.07, 6.45) is -0.763. The van der Waals surface area contributed by atoms with E-state index in [2.05, 4.69) is 0 Å². The second-order valence-electron chi connectivity index (χ2n) is 5.83. The zero-order valence-corrected chi connectivity index (χ0v) is 16.1. The third-order valence-corrected chi connectivity index (χ3v) is 6.17. The molecule has 146 valence electrons. The second kappa shape index (κ2) is 8.58. The van der Waals surface area contributed by atoms with E-state index in [-0.39, 0.29) is 18.0 Å². The van der Waals surface area contributed by atoms with Crippen LogP contribution in [0.4, 0.5) is 8.78 Å². The van der Waals surface area contributed by atoms with Crippen LogP contribution >= 0.6 is 0 Å². The summed E-state index contributed by atoms with van der Waals surface area (Å²) in [4.78, 5) is 12.2. The molecule has 0 radical (unpaired) electrons. The van der Waals surface area contributed by atoms with Crippen molar-refractivity contribution in [1.29, 1.82) is 0 Å². The fraction of sp³-hybridized carbons (Fsp3) is 0.316. The average molecular weight is 397 g/mol. The highest BCUT2D eigenvalue weighted by Crippen LogP contribution is 2.23. The van der Waals surface area contributed by atoms with Crippen LogP contribution in [0.3, 0.4) is 0 Å². The molecule has 1 atom stereocenters. The first-order chi connectivity index (χ1) is 12.7. The quantitative estimate of drug-likeness (QED) is 0.665. The van der Waals surface area contributed by atoms with Crippen LogP contribution < -0.4 is 0 Å². The van der Waals surface area contributed by atoms with Crippen molar-refractivity contribution in [2.75, 3.05) is 13.1 Å². The lowest BCUT2D eigenvalue weighted by atomic mass is 10.1. The van der Waals surface area contributed by atoms with Crippen molar-refractivity contribution in [2.24, 2.45) is 0 Å². The Bertz CT molecular complexity index is 910. The molecule has 0 unspecified atom stereocenters. The van der Waals surface area contributed by atoms with Crippen LogP contribution in [0.25, 0.3) is 0 Å². The molecule has 2 aromatic rings.